The van der Waals surface area contributed by atoms with Gasteiger partial charge < -0.3 is 10.1 Å². The third-order valence-corrected chi connectivity index (χ3v) is 3.41. The molecule has 0 fully saturated rings. The number of rotatable bonds is 5. The Balaban J connectivity index is 2.08. The van der Waals surface area contributed by atoms with Gasteiger partial charge in [0, 0.05) is 11.1 Å². The molecule has 23 heavy (non-hydrogen) atoms. The van der Waals surface area contributed by atoms with E-state index < -0.39 is 12.0 Å². The maximum atomic E-state index is 12.1. The third kappa shape index (κ3) is 4.97. The highest BCUT2D eigenvalue weighted by Crippen LogP contribution is 2.14. The van der Waals surface area contributed by atoms with Crippen molar-refractivity contribution in [3.05, 3.63) is 76.8 Å². The molecule has 0 bridgehead atoms. The summed E-state index contributed by atoms with van der Waals surface area (Å²) in [5.41, 5.74) is 1.49. The highest BCUT2D eigenvalue weighted by molar-refractivity contribution is 6.30. The fraction of sp³-hybridized carbons (Fsp3) is 0.111. The van der Waals surface area contributed by atoms with Gasteiger partial charge in [-0.05, 0) is 29.3 Å². The lowest BCUT2D eigenvalue weighted by molar-refractivity contribution is -0.144. The molecule has 0 saturated carbocycles. The summed E-state index contributed by atoms with van der Waals surface area (Å²) in [7, 11) is 1.29. The van der Waals surface area contributed by atoms with E-state index in [-0.39, 0.29) is 5.91 Å². The fourth-order valence-electron chi connectivity index (χ4n) is 1.98. The molecule has 0 spiro atoms. The van der Waals surface area contributed by atoms with Crippen LogP contribution < -0.4 is 5.32 Å². The van der Waals surface area contributed by atoms with E-state index in [2.05, 4.69) is 5.32 Å². The van der Waals surface area contributed by atoms with Crippen molar-refractivity contribution in [2.45, 2.75) is 6.04 Å². The molecule has 2 aromatic rings. The Kier molecular flexibility index (Phi) is 5.94. The molecule has 1 N–H and O–H groups in total. The number of carbonyl (C=O) groups excluding carboxylic acids is 2. The average molecular weight is 330 g/mol. The number of benzene rings is 2. The Morgan fingerprint density at radius 2 is 1.74 bits per heavy atom. The van der Waals surface area contributed by atoms with Crippen molar-refractivity contribution in [3.8, 4) is 0 Å². The lowest BCUT2D eigenvalue weighted by Crippen LogP contribution is -2.33. The van der Waals surface area contributed by atoms with Gasteiger partial charge in [0.2, 0.25) is 5.91 Å². The van der Waals surface area contributed by atoms with Gasteiger partial charge in [-0.3, -0.25) is 4.79 Å². The molecule has 0 aliphatic rings. The Hall–Kier alpha value is -2.59. The molecule has 0 aliphatic carbocycles. The SMILES string of the molecule is COC(=O)C(NC(=O)/C=C/c1ccc(Cl)cc1)c1ccccc1. The van der Waals surface area contributed by atoms with E-state index >= 15 is 0 Å². The minimum atomic E-state index is -0.844. The number of methoxy groups -OCH3 is 1. The van der Waals surface area contributed by atoms with E-state index in [1.807, 2.05) is 6.07 Å². The summed E-state index contributed by atoms with van der Waals surface area (Å²) in [6.07, 6.45) is 3.01. The van der Waals surface area contributed by atoms with E-state index in [9.17, 15) is 9.59 Å². The summed E-state index contributed by atoms with van der Waals surface area (Å²) in [6.45, 7) is 0. The summed E-state index contributed by atoms with van der Waals surface area (Å²) >= 11 is 5.81. The van der Waals surface area contributed by atoms with Crippen molar-refractivity contribution in [2.75, 3.05) is 7.11 Å². The van der Waals surface area contributed by atoms with Gasteiger partial charge in [-0.25, -0.2) is 4.79 Å². The number of carbonyl (C=O) groups is 2. The first-order valence-corrected chi connectivity index (χ1v) is 7.35. The standard InChI is InChI=1S/C18H16ClNO3/c1-23-18(22)17(14-5-3-2-4-6-14)20-16(21)12-9-13-7-10-15(19)11-8-13/h2-12,17H,1H3,(H,20,21)/b12-9+. The first kappa shape index (κ1) is 16.8. The van der Waals surface area contributed by atoms with Crippen molar-refractivity contribution in [1.82, 2.24) is 5.32 Å². The minimum absolute atomic E-state index is 0.390. The van der Waals surface area contributed by atoms with E-state index in [4.69, 9.17) is 16.3 Å². The van der Waals surface area contributed by atoms with Gasteiger partial charge in [-0.2, -0.15) is 0 Å². The Morgan fingerprint density at radius 3 is 2.35 bits per heavy atom. The van der Waals surface area contributed by atoms with Gasteiger partial charge in [0.15, 0.2) is 6.04 Å². The van der Waals surface area contributed by atoms with E-state index in [1.54, 1.807) is 54.6 Å². The van der Waals surface area contributed by atoms with Gasteiger partial charge in [0.1, 0.15) is 0 Å². The van der Waals surface area contributed by atoms with Crippen LogP contribution in [0.1, 0.15) is 17.2 Å². The van der Waals surface area contributed by atoms with Crippen LogP contribution in [0.2, 0.25) is 5.02 Å². The second kappa shape index (κ2) is 8.15. The topological polar surface area (TPSA) is 55.4 Å². The fourth-order valence-corrected chi connectivity index (χ4v) is 2.10. The molecule has 0 aliphatic heterocycles. The van der Waals surface area contributed by atoms with Crippen molar-refractivity contribution >= 4 is 29.6 Å². The van der Waals surface area contributed by atoms with Crippen LogP contribution >= 0.6 is 11.6 Å². The highest BCUT2D eigenvalue weighted by Gasteiger charge is 2.22. The summed E-state index contributed by atoms with van der Waals surface area (Å²) < 4.78 is 4.75. The van der Waals surface area contributed by atoms with Crippen LogP contribution in [0.25, 0.3) is 6.08 Å². The van der Waals surface area contributed by atoms with Gasteiger partial charge >= 0.3 is 5.97 Å². The van der Waals surface area contributed by atoms with Crippen molar-refractivity contribution in [3.63, 3.8) is 0 Å². The zero-order valence-corrected chi connectivity index (χ0v) is 13.3. The number of halogens is 1. The minimum Gasteiger partial charge on any atom is -0.467 e. The molecule has 0 aromatic heterocycles. The van der Waals surface area contributed by atoms with Crippen molar-refractivity contribution in [1.29, 1.82) is 0 Å². The number of ether oxygens (including phenoxy) is 1. The van der Waals surface area contributed by atoms with Gasteiger partial charge in [-0.1, -0.05) is 54.1 Å². The normalized spacial score (nSPS) is 11.9. The Bertz CT molecular complexity index is 696. The maximum absolute atomic E-state index is 12.1. The van der Waals surface area contributed by atoms with Crippen LogP contribution in [-0.2, 0) is 14.3 Å². The molecule has 0 radical (unpaired) electrons. The van der Waals surface area contributed by atoms with E-state index in [0.717, 1.165) is 5.56 Å². The van der Waals surface area contributed by atoms with Crippen molar-refractivity contribution in [2.24, 2.45) is 0 Å². The molecular formula is C18H16ClNO3. The van der Waals surface area contributed by atoms with Gasteiger partial charge in [0.25, 0.3) is 0 Å². The molecule has 1 unspecified atom stereocenters. The second-order valence-corrected chi connectivity index (χ2v) is 5.20. The number of nitrogens with one attached hydrogen (secondary N) is 1. The predicted octanol–water partition coefficient (Wildman–Crippen LogP) is 3.38. The molecule has 2 rings (SSSR count). The number of amides is 1. The van der Waals surface area contributed by atoms with Crippen LogP contribution in [0.4, 0.5) is 0 Å². The zero-order chi connectivity index (χ0) is 16.7. The van der Waals surface area contributed by atoms with Crippen LogP contribution in [0.15, 0.2) is 60.7 Å². The van der Waals surface area contributed by atoms with Crippen LogP contribution in [0.3, 0.4) is 0 Å². The number of esters is 1. The van der Waals surface area contributed by atoms with E-state index in [1.165, 1.54) is 13.2 Å². The van der Waals surface area contributed by atoms with E-state index in [0.29, 0.717) is 10.6 Å². The molecule has 1 atom stereocenters. The van der Waals surface area contributed by atoms with Gasteiger partial charge in [0.05, 0.1) is 7.11 Å². The summed E-state index contributed by atoms with van der Waals surface area (Å²) in [5, 5.41) is 3.27. The van der Waals surface area contributed by atoms with Gasteiger partial charge in [-0.15, -0.1) is 0 Å². The summed E-state index contributed by atoms with van der Waals surface area (Å²) in [6, 6.07) is 15.1. The molecule has 1 amide bonds. The smallest absolute Gasteiger partial charge is 0.333 e. The second-order valence-electron chi connectivity index (χ2n) is 4.76. The molecule has 5 heteroatoms. The lowest BCUT2D eigenvalue weighted by atomic mass is 10.1. The molecule has 0 heterocycles. The van der Waals surface area contributed by atoms with Crippen LogP contribution in [0.5, 0.6) is 0 Å². The molecule has 0 saturated heterocycles. The third-order valence-electron chi connectivity index (χ3n) is 3.15. The number of hydrogen-bond acceptors (Lipinski definition) is 3. The Labute approximate surface area is 139 Å². The molecular weight excluding hydrogens is 314 g/mol. The Morgan fingerprint density at radius 1 is 1.09 bits per heavy atom. The molecule has 118 valence electrons. The quantitative estimate of drug-likeness (QED) is 0.676. The largest absolute Gasteiger partial charge is 0.467 e. The van der Waals surface area contributed by atoms with Crippen LogP contribution in [-0.4, -0.2) is 19.0 Å². The zero-order valence-electron chi connectivity index (χ0n) is 12.5. The number of hydrogen-bond donors (Lipinski definition) is 1. The summed E-state index contributed by atoms with van der Waals surface area (Å²) in [4.78, 5) is 23.9. The first-order valence-electron chi connectivity index (χ1n) is 6.97. The van der Waals surface area contributed by atoms with Crippen LogP contribution in [0, 0.1) is 0 Å². The highest BCUT2D eigenvalue weighted by atomic mass is 35.5. The first-order chi connectivity index (χ1) is 11.1. The molecule has 2 aromatic carbocycles. The average Bonchev–Trinajstić information content (AvgIpc) is 2.59. The monoisotopic (exact) mass is 329 g/mol. The molecule has 4 nitrogen and oxygen atoms in total. The maximum Gasteiger partial charge on any atom is 0.333 e. The lowest BCUT2D eigenvalue weighted by Gasteiger charge is -2.15. The predicted molar refractivity (Wildman–Crippen MR) is 89.8 cm³/mol. The summed E-state index contributed by atoms with van der Waals surface area (Å²) in [5.74, 6) is -0.913. The van der Waals surface area contributed by atoms with Crippen molar-refractivity contribution < 1.29 is 14.3 Å².